The number of nitrogens with one attached hydrogen (secondary N) is 3. The third-order valence-corrected chi connectivity index (χ3v) is 7.91. The van der Waals surface area contributed by atoms with Crippen LogP contribution in [-0.2, 0) is 4.79 Å². The number of benzene rings is 2. The van der Waals surface area contributed by atoms with Crippen molar-refractivity contribution in [3.8, 4) is 11.5 Å². The number of urea groups is 1. The van der Waals surface area contributed by atoms with Crippen LogP contribution < -0.4 is 25.6 Å². The summed E-state index contributed by atoms with van der Waals surface area (Å²) in [6, 6.07) is 15.4. The van der Waals surface area contributed by atoms with E-state index in [4.69, 9.17) is 4.74 Å². The van der Waals surface area contributed by atoms with Crippen molar-refractivity contribution < 1.29 is 18.7 Å². The van der Waals surface area contributed by atoms with Gasteiger partial charge in [-0.2, -0.15) is 0 Å². The van der Waals surface area contributed by atoms with E-state index in [2.05, 4.69) is 20.9 Å². The Morgan fingerprint density at radius 3 is 2.72 bits per heavy atom. The van der Waals surface area contributed by atoms with Gasteiger partial charge in [0.2, 0.25) is 5.91 Å². The van der Waals surface area contributed by atoms with E-state index in [1.807, 2.05) is 55.5 Å². The van der Waals surface area contributed by atoms with Crippen molar-refractivity contribution in [1.82, 2.24) is 20.9 Å². The highest BCUT2D eigenvalue weighted by atomic mass is 32.2. The SMILES string of the molecule is Cc1cc(Oc2ccccc2)ccc1N1C(=O)NC2c3c1ccnc3SC2C(=O)N[C@H]1CNC[C@H]1F. The maximum absolute atomic E-state index is 14.1. The molecule has 184 valence electrons. The van der Waals surface area contributed by atoms with Gasteiger partial charge < -0.3 is 20.7 Å². The minimum atomic E-state index is -1.13. The van der Waals surface area contributed by atoms with E-state index in [0.717, 1.165) is 16.9 Å². The van der Waals surface area contributed by atoms with Crippen LogP contribution in [0.4, 0.5) is 20.6 Å². The number of carbonyl (C=O) groups excluding carboxylic acids is 2. The van der Waals surface area contributed by atoms with E-state index in [-0.39, 0.29) is 18.5 Å². The lowest BCUT2D eigenvalue weighted by Crippen LogP contribution is -2.51. The van der Waals surface area contributed by atoms with Crippen LogP contribution >= 0.6 is 11.8 Å². The van der Waals surface area contributed by atoms with Gasteiger partial charge >= 0.3 is 6.03 Å². The van der Waals surface area contributed by atoms with Gasteiger partial charge in [0.1, 0.15) is 27.9 Å². The topological polar surface area (TPSA) is 95.6 Å². The summed E-state index contributed by atoms with van der Waals surface area (Å²) in [5, 5.41) is 8.80. The predicted octanol–water partition coefficient (Wildman–Crippen LogP) is 3.99. The number of hydrogen-bond acceptors (Lipinski definition) is 6. The normalized spacial score (nSPS) is 24.3. The second kappa shape index (κ2) is 9.11. The molecular weight excluding hydrogens is 481 g/mol. The zero-order valence-electron chi connectivity index (χ0n) is 19.4. The molecular formula is C26H24FN5O3S. The molecule has 36 heavy (non-hydrogen) atoms. The van der Waals surface area contributed by atoms with Gasteiger partial charge in [0, 0.05) is 24.8 Å². The lowest BCUT2D eigenvalue weighted by molar-refractivity contribution is -0.121. The third kappa shape index (κ3) is 3.96. The van der Waals surface area contributed by atoms with Crippen LogP contribution in [0.25, 0.3) is 0 Å². The number of nitrogens with zero attached hydrogens (tertiary/aromatic N) is 2. The molecule has 2 aromatic carbocycles. The molecule has 0 radical (unpaired) electrons. The van der Waals surface area contributed by atoms with Crippen LogP contribution in [-0.4, -0.2) is 47.5 Å². The molecule has 1 saturated heterocycles. The van der Waals surface area contributed by atoms with Gasteiger partial charge in [-0.05, 0) is 48.9 Å². The van der Waals surface area contributed by atoms with E-state index < -0.39 is 23.5 Å². The molecule has 10 heteroatoms. The Kier molecular flexibility index (Phi) is 5.77. The summed E-state index contributed by atoms with van der Waals surface area (Å²) in [4.78, 5) is 32.6. The number of para-hydroxylation sites is 1. The summed E-state index contributed by atoms with van der Waals surface area (Å²) in [5.41, 5.74) is 3.04. The molecule has 3 aliphatic heterocycles. The zero-order chi connectivity index (χ0) is 24.8. The summed E-state index contributed by atoms with van der Waals surface area (Å²) in [6.07, 6.45) is 0.509. The number of aryl methyl sites for hydroxylation is 1. The van der Waals surface area contributed by atoms with Gasteiger partial charge in [0.25, 0.3) is 0 Å². The van der Waals surface area contributed by atoms with E-state index >= 15 is 0 Å². The molecule has 0 bridgehead atoms. The molecule has 2 unspecified atom stereocenters. The minimum absolute atomic E-state index is 0.221. The summed E-state index contributed by atoms with van der Waals surface area (Å²) >= 11 is 1.30. The highest BCUT2D eigenvalue weighted by Crippen LogP contribution is 2.51. The number of thioether (sulfide) groups is 1. The van der Waals surface area contributed by atoms with Gasteiger partial charge in [-0.3, -0.25) is 9.69 Å². The fourth-order valence-corrected chi connectivity index (χ4v) is 6.12. The monoisotopic (exact) mass is 505 g/mol. The molecule has 3 amide bonds. The number of carbonyl (C=O) groups is 2. The second-order valence-corrected chi connectivity index (χ2v) is 10.1. The lowest BCUT2D eigenvalue weighted by atomic mass is 9.99. The first kappa shape index (κ1) is 22.8. The van der Waals surface area contributed by atoms with Crippen molar-refractivity contribution in [2.24, 2.45) is 0 Å². The lowest BCUT2D eigenvalue weighted by Gasteiger charge is -2.35. The first-order chi connectivity index (χ1) is 17.5. The molecule has 1 fully saturated rings. The largest absolute Gasteiger partial charge is 0.457 e. The molecule has 1 aromatic heterocycles. The Labute approximate surface area is 211 Å². The average molecular weight is 506 g/mol. The Hall–Kier alpha value is -3.63. The van der Waals surface area contributed by atoms with Crippen LogP contribution in [0.2, 0.25) is 0 Å². The van der Waals surface area contributed by atoms with Gasteiger partial charge in [0.15, 0.2) is 0 Å². The van der Waals surface area contributed by atoms with Gasteiger partial charge in [-0.25, -0.2) is 14.2 Å². The smallest absolute Gasteiger partial charge is 0.327 e. The molecule has 3 aliphatic rings. The summed E-state index contributed by atoms with van der Waals surface area (Å²) in [6.45, 7) is 2.52. The molecule has 0 aliphatic carbocycles. The van der Waals surface area contributed by atoms with E-state index in [1.165, 1.54) is 11.8 Å². The minimum Gasteiger partial charge on any atom is -0.457 e. The van der Waals surface area contributed by atoms with Crippen molar-refractivity contribution >= 4 is 35.1 Å². The van der Waals surface area contributed by atoms with E-state index in [0.29, 0.717) is 28.7 Å². The number of alkyl halides is 1. The standard InChI is InChI=1S/C26H24FN5O3S/c1-14-11-16(35-15-5-3-2-4-6-15)7-8-19(14)32-20-9-10-29-25-21(20)22(31-26(32)34)23(36-25)24(33)30-18-13-28-12-17(18)27/h2-11,17-18,22-23,28H,12-13H2,1H3,(H,30,33)(H,31,34)/t17-,18+,22?,23?/m1/s1. The van der Waals surface area contributed by atoms with Crippen molar-refractivity contribution in [2.75, 3.05) is 18.0 Å². The van der Waals surface area contributed by atoms with Crippen LogP contribution in [0.1, 0.15) is 17.2 Å². The quantitative estimate of drug-likeness (QED) is 0.486. The summed E-state index contributed by atoms with van der Waals surface area (Å²) in [7, 11) is 0. The molecule has 0 saturated carbocycles. The third-order valence-electron chi connectivity index (χ3n) is 6.62. The van der Waals surface area contributed by atoms with Crippen LogP contribution in [0.3, 0.4) is 0 Å². The first-order valence-electron chi connectivity index (χ1n) is 11.7. The number of amides is 3. The van der Waals surface area contributed by atoms with Gasteiger partial charge in [-0.1, -0.05) is 30.0 Å². The van der Waals surface area contributed by atoms with Crippen LogP contribution in [0.15, 0.2) is 65.8 Å². The van der Waals surface area contributed by atoms with Gasteiger partial charge in [0.05, 0.1) is 23.5 Å². The van der Waals surface area contributed by atoms with Gasteiger partial charge in [-0.15, -0.1) is 0 Å². The fourth-order valence-electron chi connectivity index (χ4n) is 4.88. The maximum Gasteiger partial charge on any atom is 0.327 e. The highest BCUT2D eigenvalue weighted by Gasteiger charge is 2.47. The Morgan fingerprint density at radius 2 is 1.97 bits per heavy atom. The predicted molar refractivity (Wildman–Crippen MR) is 135 cm³/mol. The second-order valence-electron chi connectivity index (χ2n) is 9.00. The fraction of sp³-hybridized carbons (Fsp3) is 0.269. The van der Waals surface area contributed by atoms with Crippen molar-refractivity contribution in [3.63, 3.8) is 0 Å². The number of aromatic nitrogens is 1. The van der Waals surface area contributed by atoms with Crippen molar-refractivity contribution in [3.05, 3.63) is 71.9 Å². The number of hydrogen-bond donors (Lipinski definition) is 3. The Morgan fingerprint density at radius 1 is 1.14 bits per heavy atom. The molecule has 3 N–H and O–H groups in total. The average Bonchev–Trinajstić information content (AvgIpc) is 3.45. The van der Waals surface area contributed by atoms with E-state index in [1.54, 1.807) is 17.2 Å². The zero-order valence-corrected chi connectivity index (χ0v) is 20.2. The molecule has 3 aromatic rings. The number of halogens is 1. The highest BCUT2D eigenvalue weighted by molar-refractivity contribution is 8.01. The molecule has 4 atom stereocenters. The summed E-state index contributed by atoms with van der Waals surface area (Å²) in [5.74, 6) is 1.08. The first-order valence-corrected chi connectivity index (χ1v) is 12.6. The van der Waals surface area contributed by atoms with Crippen molar-refractivity contribution in [2.45, 2.75) is 35.5 Å². The molecule has 6 rings (SSSR count). The molecule has 4 heterocycles. The number of ether oxygens (including phenoxy) is 1. The summed E-state index contributed by atoms with van der Waals surface area (Å²) < 4.78 is 20.0. The van der Waals surface area contributed by atoms with Crippen LogP contribution in [0, 0.1) is 6.92 Å². The Bertz CT molecular complexity index is 1340. The number of rotatable bonds is 5. The number of pyridine rings is 1. The Balaban J connectivity index is 1.28. The maximum atomic E-state index is 14.1. The number of anilines is 2. The molecule has 0 spiro atoms. The van der Waals surface area contributed by atoms with Crippen molar-refractivity contribution in [1.29, 1.82) is 0 Å². The van der Waals surface area contributed by atoms with E-state index in [9.17, 15) is 14.0 Å². The van der Waals surface area contributed by atoms with Crippen LogP contribution in [0.5, 0.6) is 11.5 Å². The molecule has 8 nitrogen and oxygen atoms in total.